The van der Waals surface area contributed by atoms with E-state index in [-0.39, 0.29) is 11.9 Å². The third-order valence-electron chi connectivity index (χ3n) is 3.13. The molecule has 100 valence electrons. The van der Waals surface area contributed by atoms with Gasteiger partial charge in [0.05, 0.1) is 0 Å². The van der Waals surface area contributed by atoms with E-state index in [1.54, 1.807) is 0 Å². The molecule has 18 heavy (non-hydrogen) atoms. The first-order valence-corrected chi connectivity index (χ1v) is 7.54. The fourth-order valence-electron chi connectivity index (χ4n) is 1.65. The molecule has 0 aromatic heterocycles. The third-order valence-corrected chi connectivity index (χ3v) is 3.82. The van der Waals surface area contributed by atoms with E-state index < -0.39 is 0 Å². The lowest BCUT2D eigenvalue weighted by atomic mass is 10.0. The molecule has 0 saturated heterocycles. The number of halogens is 1. The van der Waals surface area contributed by atoms with Crippen LogP contribution in [0.5, 0.6) is 0 Å². The molecule has 0 aliphatic heterocycles. The molecular weight excluding hydrogens is 290 g/mol. The number of hydrogen-bond donors (Lipinski definition) is 1. The molecule has 0 aliphatic carbocycles. The Morgan fingerprint density at radius 2 is 1.72 bits per heavy atom. The smallest absolute Gasteiger partial charge is 0.251 e. The number of rotatable bonds is 5. The summed E-state index contributed by atoms with van der Waals surface area (Å²) in [6.07, 6.45) is 0. The molecule has 1 unspecified atom stereocenters. The molecule has 0 saturated carbocycles. The van der Waals surface area contributed by atoms with Gasteiger partial charge < -0.3 is 5.32 Å². The van der Waals surface area contributed by atoms with E-state index in [0.717, 1.165) is 10.9 Å². The molecular formula is C15H22BrNO. The fraction of sp³-hybridized carbons (Fsp3) is 0.533. The SMILES string of the molecule is CC(C)c1ccc(C(=O)NC(CBr)C(C)C)cc1. The summed E-state index contributed by atoms with van der Waals surface area (Å²) < 4.78 is 0. The van der Waals surface area contributed by atoms with Gasteiger partial charge in [-0.2, -0.15) is 0 Å². The Morgan fingerprint density at radius 1 is 1.17 bits per heavy atom. The van der Waals surface area contributed by atoms with E-state index >= 15 is 0 Å². The van der Waals surface area contributed by atoms with E-state index in [0.29, 0.717) is 11.8 Å². The summed E-state index contributed by atoms with van der Waals surface area (Å²) in [5.41, 5.74) is 1.98. The topological polar surface area (TPSA) is 29.1 Å². The number of nitrogens with one attached hydrogen (secondary N) is 1. The van der Waals surface area contributed by atoms with Crippen LogP contribution in [-0.2, 0) is 0 Å². The second-order valence-electron chi connectivity index (χ2n) is 5.25. The molecule has 1 amide bonds. The highest BCUT2D eigenvalue weighted by molar-refractivity contribution is 9.09. The summed E-state index contributed by atoms with van der Waals surface area (Å²) in [7, 11) is 0. The Balaban J connectivity index is 2.72. The van der Waals surface area contributed by atoms with Gasteiger partial charge in [-0.1, -0.05) is 55.8 Å². The van der Waals surface area contributed by atoms with Gasteiger partial charge in [0.25, 0.3) is 5.91 Å². The van der Waals surface area contributed by atoms with Crippen LogP contribution in [0.15, 0.2) is 24.3 Å². The Hall–Kier alpha value is -0.830. The van der Waals surface area contributed by atoms with Gasteiger partial charge in [-0.25, -0.2) is 0 Å². The van der Waals surface area contributed by atoms with Crippen LogP contribution in [0.3, 0.4) is 0 Å². The van der Waals surface area contributed by atoms with Gasteiger partial charge in [-0.15, -0.1) is 0 Å². The molecule has 0 fully saturated rings. The normalized spacial score (nSPS) is 12.8. The zero-order valence-corrected chi connectivity index (χ0v) is 13.1. The van der Waals surface area contributed by atoms with Crippen molar-refractivity contribution in [2.45, 2.75) is 39.7 Å². The Bertz CT molecular complexity index is 384. The molecule has 0 aliphatic rings. The molecule has 1 aromatic rings. The van der Waals surface area contributed by atoms with Gasteiger partial charge in [0.2, 0.25) is 0 Å². The maximum Gasteiger partial charge on any atom is 0.251 e. The van der Waals surface area contributed by atoms with E-state index in [4.69, 9.17) is 0 Å². The first-order chi connectivity index (χ1) is 8.45. The first kappa shape index (κ1) is 15.2. The van der Waals surface area contributed by atoms with Crippen molar-refractivity contribution in [3.63, 3.8) is 0 Å². The van der Waals surface area contributed by atoms with Crippen molar-refractivity contribution in [1.29, 1.82) is 0 Å². The third kappa shape index (κ3) is 4.13. The monoisotopic (exact) mass is 311 g/mol. The van der Waals surface area contributed by atoms with Crippen LogP contribution in [-0.4, -0.2) is 17.3 Å². The minimum Gasteiger partial charge on any atom is -0.348 e. The maximum absolute atomic E-state index is 12.1. The summed E-state index contributed by atoms with van der Waals surface area (Å²) in [6, 6.07) is 8.02. The van der Waals surface area contributed by atoms with E-state index in [1.807, 2.05) is 24.3 Å². The number of carbonyl (C=O) groups is 1. The minimum atomic E-state index is 0.00320. The highest BCUT2D eigenvalue weighted by atomic mass is 79.9. The van der Waals surface area contributed by atoms with Gasteiger partial charge in [0.1, 0.15) is 0 Å². The highest BCUT2D eigenvalue weighted by Crippen LogP contribution is 2.15. The van der Waals surface area contributed by atoms with E-state index in [9.17, 15) is 4.79 Å². The second-order valence-corrected chi connectivity index (χ2v) is 5.90. The second kappa shape index (κ2) is 6.93. The Labute approximate surface area is 118 Å². The molecule has 3 heteroatoms. The van der Waals surface area contributed by atoms with Crippen LogP contribution < -0.4 is 5.32 Å². The number of hydrogen-bond acceptors (Lipinski definition) is 1. The average Bonchev–Trinajstić information content (AvgIpc) is 2.35. The predicted molar refractivity (Wildman–Crippen MR) is 80.4 cm³/mol. The van der Waals surface area contributed by atoms with Gasteiger partial charge in [-0.05, 0) is 29.5 Å². The van der Waals surface area contributed by atoms with Crippen molar-refractivity contribution < 1.29 is 4.79 Å². The molecule has 0 bridgehead atoms. The van der Waals surface area contributed by atoms with Crippen molar-refractivity contribution in [3.05, 3.63) is 35.4 Å². The number of benzene rings is 1. The zero-order valence-electron chi connectivity index (χ0n) is 11.5. The molecule has 2 nitrogen and oxygen atoms in total. The van der Waals surface area contributed by atoms with Crippen LogP contribution in [0.4, 0.5) is 0 Å². The first-order valence-electron chi connectivity index (χ1n) is 6.42. The predicted octanol–water partition coefficient (Wildman–Crippen LogP) is 3.96. The van der Waals surface area contributed by atoms with Gasteiger partial charge in [-0.3, -0.25) is 4.79 Å². The van der Waals surface area contributed by atoms with Crippen LogP contribution in [0, 0.1) is 5.92 Å². The average molecular weight is 312 g/mol. The standard InChI is InChI=1S/C15H22BrNO/c1-10(2)12-5-7-13(8-6-12)15(18)17-14(9-16)11(3)4/h5-8,10-11,14H,9H2,1-4H3,(H,17,18). The lowest BCUT2D eigenvalue weighted by Gasteiger charge is -2.20. The summed E-state index contributed by atoms with van der Waals surface area (Å²) >= 11 is 3.43. The summed E-state index contributed by atoms with van der Waals surface area (Å²) in [6.45, 7) is 8.51. The van der Waals surface area contributed by atoms with Crippen molar-refractivity contribution in [2.75, 3.05) is 5.33 Å². The molecule has 1 atom stereocenters. The van der Waals surface area contributed by atoms with Crippen molar-refractivity contribution in [2.24, 2.45) is 5.92 Å². The molecule has 1 N–H and O–H groups in total. The largest absolute Gasteiger partial charge is 0.348 e. The molecule has 1 rings (SSSR count). The van der Waals surface area contributed by atoms with Gasteiger partial charge in [0.15, 0.2) is 0 Å². The zero-order chi connectivity index (χ0) is 13.7. The van der Waals surface area contributed by atoms with Crippen molar-refractivity contribution >= 4 is 21.8 Å². The Kier molecular flexibility index (Phi) is 5.86. The molecule has 0 spiro atoms. The summed E-state index contributed by atoms with van der Waals surface area (Å²) in [5.74, 6) is 0.916. The lowest BCUT2D eigenvalue weighted by Crippen LogP contribution is -2.39. The molecule has 1 aromatic carbocycles. The number of amides is 1. The maximum atomic E-state index is 12.1. The number of alkyl halides is 1. The Morgan fingerprint density at radius 3 is 2.11 bits per heavy atom. The minimum absolute atomic E-state index is 0.00320. The van der Waals surface area contributed by atoms with E-state index in [2.05, 4.69) is 48.9 Å². The van der Waals surface area contributed by atoms with Gasteiger partial charge >= 0.3 is 0 Å². The van der Waals surface area contributed by atoms with Crippen LogP contribution in [0.2, 0.25) is 0 Å². The van der Waals surface area contributed by atoms with Crippen LogP contribution in [0.1, 0.15) is 49.5 Å². The van der Waals surface area contributed by atoms with E-state index in [1.165, 1.54) is 5.56 Å². The summed E-state index contributed by atoms with van der Waals surface area (Å²) in [5, 5.41) is 3.82. The van der Waals surface area contributed by atoms with Crippen LogP contribution in [0.25, 0.3) is 0 Å². The van der Waals surface area contributed by atoms with Crippen molar-refractivity contribution in [1.82, 2.24) is 5.32 Å². The summed E-state index contributed by atoms with van der Waals surface area (Å²) in [4.78, 5) is 12.1. The quantitative estimate of drug-likeness (QED) is 0.819. The van der Waals surface area contributed by atoms with Crippen LogP contribution >= 0.6 is 15.9 Å². The molecule has 0 radical (unpaired) electrons. The van der Waals surface area contributed by atoms with Gasteiger partial charge in [0, 0.05) is 16.9 Å². The fourth-order valence-corrected chi connectivity index (χ4v) is 2.56. The number of carbonyl (C=O) groups excluding carboxylic acids is 1. The highest BCUT2D eigenvalue weighted by Gasteiger charge is 2.15. The van der Waals surface area contributed by atoms with Crippen molar-refractivity contribution in [3.8, 4) is 0 Å². The lowest BCUT2D eigenvalue weighted by molar-refractivity contribution is 0.0931. The molecule has 0 heterocycles.